The number of nitrogens with zero attached hydrogens (tertiary/aromatic N) is 1. The molecule has 0 heterocycles. The first-order chi connectivity index (χ1) is 33.6. The van der Waals surface area contributed by atoms with Crippen LogP contribution in [-0.2, 0) is 28.6 Å². The van der Waals surface area contributed by atoms with Crippen molar-refractivity contribution in [2.75, 3.05) is 41.0 Å². The molecule has 0 aromatic carbocycles. The van der Waals surface area contributed by atoms with Gasteiger partial charge in [0.2, 0.25) is 0 Å². The number of likely N-dealkylation sites (N-methyl/N-ethyl adjacent to an activating group) is 1. The summed E-state index contributed by atoms with van der Waals surface area (Å²) in [5.74, 6) is -1.44. The Morgan fingerprint density at radius 3 is 1.04 bits per heavy atom. The van der Waals surface area contributed by atoms with Crippen LogP contribution in [0.5, 0.6) is 0 Å². The van der Waals surface area contributed by atoms with E-state index in [2.05, 4.69) is 26.0 Å². The van der Waals surface area contributed by atoms with E-state index in [0.717, 1.165) is 38.5 Å². The van der Waals surface area contributed by atoms with Crippen LogP contribution in [0.25, 0.3) is 0 Å². The number of hydrogen-bond acceptors (Lipinski definition) is 6. The molecule has 0 aliphatic heterocycles. The summed E-state index contributed by atoms with van der Waals surface area (Å²) >= 11 is 0. The van der Waals surface area contributed by atoms with Crippen LogP contribution in [0.15, 0.2) is 12.2 Å². The Kier molecular flexibility index (Phi) is 50.9. The zero-order valence-corrected chi connectivity index (χ0v) is 46.8. The molecule has 0 aliphatic rings. The fourth-order valence-corrected chi connectivity index (χ4v) is 9.50. The average molecular weight is 978 g/mol. The topological polar surface area (TPSA) is 99.1 Å². The van der Waals surface area contributed by atoms with Gasteiger partial charge in [0.15, 0.2) is 12.1 Å². The highest BCUT2D eigenvalue weighted by Gasteiger charge is 2.31. The quantitative estimate of drug-likeness (QED) is 0.0280. The first-order valence-corrected chi connectivity index (χ1v) is 30.2. The molecule has 2 atom stereocenters. The van der Waals surface area contributed by atoms with Gasteiger partial charge >= 0.3 is 17.9 Å². The number of allylic oxidation sites excluding steroid dienone is 2. The van der Waals surface area contributed by atoms with Crippen LogP contribution in [0.2, 0.25) is 0 Å². The van der Waals surface area contributed by atoms with Crippen molar-refractivity contribution in [2.24, 2.45) is 0 Å². The number of rotatable bonds is 56. The van der Waals surface area contributed by atoms with Crippen molar-refractivity contribution in [3.05, 3.63) is 12.2 Å². The van der Waals surface area contributed by atoms with Crippen molar-refractivity contribution >= 4 is 17.9 Å². The minimum absolute atomic E-state index is 0.0444. The summed E-state index contributed by atoms with van der Waals surface area (Å²) in [7, 11) is 5.56. The van der Waals surface area contributed by atoms with Gasteiger partial charge in [-0.25, -0.2) is 4.79 Å². The molecule has 8 nitrogen and oxygen atoms in total. The number of aliphatic carboxylic acids is 1. The maximum Gasteiger partial charge on any atom is 0.362 e. The summed E-state index contributed by atoms with van der Waals surface area (Å²) in [4.78, 5) is 37.3. The van der Waals surface area contributed by atoms with Crippen LogP contribution < -0.4 is 0 Å². The maximum absolute atomic E-state index is 12.8. The van der Waals surface area contributed by atoms with Crippen LogP contribution >= 0.6 is 0 Å². The Hall–Kier alpha value is -1.93. The predicted molar refractivity (Wildman–Crippen MR) is 294 cm³/mol. The molecule has 0 saturated heterocycles. The maximum atomic E-state index is 12.8. The molecule has 0 aromatic heterocycles. The normalized spacial score (nSPS) is 12.8. The number of carboxylic acid groups (broad SMARTS) is 1. The van der Waals surface area contributed by atoms with Crippen molar-refractivity contribution in [3.8, 4) is 0 Å². The van der Waals surface area contributed by atoms with Gasteiger partial charge in [-0.15, -0.1) is 0 Å². The molecule has 0 aromatic rings. The van der Waals surface area contributed by atoms with Crippen LogP contribution in [0, 0.1) is 0 Å². The Bertz CT molecular complexity index is 1140. The van der Waals surface area contributed by atoms with E-state index >= 15 is 0 Å². The molecule has 8 heteroatoms. The van der Waals surface area contributed by atoms with E-state index in [1.807, 2.05) is 21.1 Å². The average Bonchev–Trinajstić information content (AvgIpc) is 3.31. The van der Waals surface area contributed by atoms with Crippen molar-refractivity contribution in [1.82, 2.24) is 0 Å². The third-order valence-electron chi connectivity index (χ3n) is 14.2. The Morgan fingerprint density at radius 1 is 0.420 bits per heavy atom. The number of quaternary nitrogens is 1. The second kappa shape index (κ2) is 52.4. The summed E-state index contributed by atoms with van der Waals surface area (Å²) in [5.41, 5.74) is 0. The molecule has 2 unspecified atom stereocenters. The SMILES string of the molecule is CCCCCCCCCC/C=C\CCCCCCCCCCCC(=O)OC(COCCC(C(=O)O)[N+](C)(C)C)COC(=O)CCCCCCCCCCCCCCCCCCCCCCCCCC. The molecule has 408 valence electrons. The summed E-state index contributed by atoms with van der Waals surface area (Å²) in [6, 6.07) is -0.612. The van der Waals surface area contributed by atoms with Gasteiger partial charge in [0.25, 0.3) is 0 Å². The zero-order valence-electron chi connectivity index (χ0n) is 46.8. The molecular formula is C61H118NO7+. The number of carbonyl (C=O) groups excluding carboxylic acids is 2. The van der Waals surface area contributed by atoms with Crippen molar-refractivity contribution in [2.45, 2.75) is 321 Å². The van der Waals surface area contributed by atoms with Crippen molar-refractivity contribution in [3.63, 3.8) is 0 Å². The van der Waals surface area contributed by atoms with Gasteiger partial charge in [-0.2, -0.15) is 0 Å². The Balaban J connectivity index is 4.09. The lowest BCUT2D eigenvalue weighted by molar-refractivity contribution is -0.887. The molecule has 0 fully saturated rings. The van der Waals surface area contributed by atoms with Gasteiger partial charge in [0, 0.05) is 19.3 Å². The summed E-state index contributed by atoms with van der Waals surface area (Å²) in [6.45, 7) is 4.81. The Morgan fingerprint density at radius 2 is 0.725 bits per heavy atom. The smallest absolute Gasteiger partial charge is 0.362 e. The van der Waals surface area contributed by atoms with Crippen molar-refractivity contribution < 1.29 is 38.2 Å². The summed E-state index contributed by atoms with van der Waals surface area (Å²) in [6.07, 6.45) is 61.4. The molecule has 1 N–H and O–H groups in total. The lowest BCUT2D eigenvalue weighted by atomic mass is 10.0. The van der Waals surface area contributed by atoms with E-state index in [-0.39, 0.29) is 36.2 Å². The molecule has 0 spiro atoms. The fraction of sp³-hybridized carbons (Fsp3) is 0.918. The number of esters is 2. The zero-order chi connectivity index (χ0) is 50.6. The molecular weight excluding hydrogens is 859 g/mol. The van der Waals surface area contributed by atoms with E-state index in [1.165, 1.54) is 238 Å². The first-order valence-electron chi connectivity index (χ1n) is 30.2. The van der Waals surface area contributed by atoms with Crippen LogP contribution in [0.3, 0.4) is 0 Å². The van der Waals surface area contributed by atoms with Gasteiger partial charge in [0.05, 0.1) is 34.4 Å². The molecule has 0 rings (SSSR count). The third kappa shape index (κ3) is 50.8. The number of carboxylic acids is 1. The highest BCUT2D eigenvalue weighted by molar-refractivity contribution is 5.72. The minimum atomic E-state index is -0.869. The lowest BCUT2D eigenvalue weighted by Gasteiger charge is -2.31. The molecule has 69 heavy (non-hydrogen) atoms. The molecule has 0 amide bonds. The summed E-state index contributed by atoms with van der Waals surface area (Å²) < 4.78 is 17.4. The number of carbonyl (C=O) groups is 3. The van der Waals surface area contributed by atoms with Crippen LogP contribution in [0.1, 0.15) is 309 Å². The monoisotopic (exact) mass is 977 g/mol. The second-order valence-electron chi connectivity index (χ2n) is 22.0. The third-order valence-corrected chi connectivity index (χ3v) is 14.2. The van der Waals surface area contributed by atoms with Crippen molar-refractivity contribution in [1.29, 1.82) is 0 Å². The second-order valence-corrected chi connectivity index (χ2v) is 22.0. The number of hydrogen-bond donors (Lipinski definition) is 1. The minimum Gasteiger partial charge on any atom is -0.477 e. The predicted octanol–water partition coefficient (Wildman–Crippen LogP) is 18.2. The fourth-order valence-electron chi connectivity index (χ4n) is 9.50. The molecule has 0 saturated carbocycles. The van der Waals surface area contributed by atoms with Gasteiger partial charge in [-0.3, -0.25) is 9.59 Å². The molecule has 0 aliphatic carbocycles. The summed E-state index contributed by atoms with van der Waals surface area (Å²) in [5, 5.41) is 9.68. The number of unbranched alkanes of at least 4 members (excludes halogenated alkanes) is 40. The van der Waals surface area contributed by atoms with Crippen LogP contribution in [0.4, 0.5) is 0 Å². The van der Waals surface area contributed by atoms with Gasteiger partial charge < -0.3 is 23.8 Å². The van der Waals surface area contributed by atoms with Gasteiger partial charge in [0.1, 0.15) is 6.61 Å². The van der Waals surface area contributed by atoms with E-state index < -0.39 is 18.1 Å². The van der Waals surface area contributed by atoms with E-state index in [0.29, 0.717) is 19.3 Å². The van der Waals surface area contributed by atoms with Gasteiger partial charge in [-0.1, -0.05) is 264 Å². The largest absolute Gasteiger partial charge is 0.477 e. The molecule has 0 radical (unpaired) electrons. The highest BCUT2D eigenvalue weighted by atomic mass is 16.6. The van der Waals surface area contributed by atoms with E-state index in [1.54, 1.807) is 0 Å². The lowest BCUT2D eigenvalue weighted by Crippen LogP contribution is -2.50. The van der Waals surface area contributed by atoms with Gasteiger partial charge in [-0.05, 0) is 38.5 Å². The standard InChI is InChI=1S/C61H117NO7/c1-6-8-10-12-14-16-18-20-22-24-26-28-29-30-32-33-35-37-39-41-43-45-47-49-51-59(63)68-56-57(55-67-54-53-58(61(65)66)62(3,4)5)69-60(64)52-50-48-46-44-42-40-38-36-34-31-27-25-23-21-19-17-15-13-11-9-7-2/h25,27,57-58H,6-24,26,28-56H2,1-5H3/p+1/b27-25-. The van der Waals surface area contributed by atoms with E-state index in [9.17, 15) is 19.5 Å². The first kappa shape index (κ1) is 67.1. The van der Waals surface area contributed by atoms with E-state index in [4.69, 9.17) is 14.2 Å². The number of ether oxygens (including phenoxy) is 3. The van der Waals surface area contributed by atoms with Crippen LogP contribution in [-0.4, -0.2) is 80.6 Å². The molecule has 0 bridgehead atoms. The highest BCUT2D eigenvalue weighted by Crippen LogP contribution is 2.18. The Labute approximate surface area is 429 Å².